The highest BCUT2D eigenvalue weighted by atomic mass is 19.3. The van der Waals surface area contributed by atoms with Gasteiger partial charge < -0.3 is 47.1 Å². The number of carbonyl (C=O) groups is 5. The van der Waals surface area contributed by atoms with Crippen LogP contribution in [-0.4, -0.2) is 117 Å². The Hall–Kier alpha value is -2.95. The van der Waals surface area contributed by atoms with Crippen LogP contribution in [0.4, 0.5) is 8.78 Å². The molecular formula is C37H67F2N7O7. The first kappa shape index (κ1) is 46.2. The summed E-state index contributed by atoms with van der Waals surface area (Å²) in [6.45, 7) is 6.41. The molecule has 0 spiro atoms. The van der Waals surface area contributed by atoms with Gasteiger partial charge in [0.2, 0.25) is 29.5 Å². The lowest BCUT2D eigenvalue weighted by atomic mass is 9.83. The summed E-state index contributed by atoms with van der Waals surface area (Å²) in [5.74, 6) is -7.18. The molecule has 0 bridgehead atoms. The minimum atomic E-state index is -3.36. The molecule has 7 atom stereocenters. The second kappa shape index (κ2) is 23.1. The van der Waals surface area contributed by atoms with Gasteiger partial charge >= 0.3 is 0 Å². The van der Waals surface area contributed by atoms with Gasteiger partial charge in [0, 0.05) is 19.6 Å². The molecule has 2 fully saturated rings. The van der Waals surface area contributed by atoms with E-state index in [2.05, 4.69) is 28.2 Å². The third kappa shape index (κ3) is 15.4. The Morgan fingerprint density at radius 3 is 2.13 bits per heavy atom. The SMILES string of the molecule is CCCCCC[C@H]1OC[C@@H](C)NC(=O)[C@H](COCC(F)(F)CN)NC(=O)[C@H](CN)NC(=O)[C@H](C2CCCCC2)NC(=O)[C@H](CC(C)C)N(C)C(=O)[C@@H]1C. The molecule has 0 aromatic carbocycles. The van der Waals surface area contributed by atoms with Gasteiger partial charge in [0.05, 0.1) is 31.8 Å². The minimum Gasteiger partial charge on any atom is -0.375 e. The highest BCUT2D eigenvalue weighted by molar-refractivity contribution is 5.96. The number of nitrogens with two attached hydrogens (primary N) is 2. The third-order valence-electron chi connectivity index (χ3n) is 10.2. The largest absolute Gasteiger partial charge is 0.375 e. The number of hydrogen-bond donors (Lipinski definition) is 6. The highest BCUT2D eigenvalue weighted by Crippen LogP contribution is 2.28. The molecule has 5 amide bonds. The average molecular weight is 760 g/mol. The maximum absolute atomic E-state index is 14.2. The van der Waals surface area contributed by atoms with E-state index in [4.69, 9.17) is 20.9 Å². The van der Waals surface area contributed by atoms with Crippen molar-refractivity contribution in [3.63, 3.8) is 0 Å². The molecule has 0 radical (unpaired) electrons. The molecule has 16 heteroatoms. The molecule has 8 N–H and O–H groups in total. The molecule has 2 aliphatic rings. The number of ether oxygens (including phenoxy) is 2. The van der Waals surface area contributed by atoms with Crippen molar-refractivity contribution in [3.8, 4) is 0 Å². The van der Waals surface area contributed by atoms with Crippen LogP contribution in [0, 0.1) is 17.8 Å². The summed E-state index contributed by atoms with van der Waals surface area (Å²) in [5.41, 5.74) is 11.1. The first-order valence-electron chi connectivity index (χ1n) is 19.5. The van der Waals surface area contributed by atoms with Gasteiger partial charge in [-0.15, -0.1) is 0 Å². The Labute approximate surface area is 314 Å². The summed E-state index contributed by atoms with van der Waals surface area (Å²) in [6.07, 6.45) is 8.18. The van der Waals surface area contributed by atoms with E-state index >= 15 is 0 Å². The van der Waals surface area contributed by atoms with Gasteiger partial charge in [-0.05, 0) is 44.4 Å². The summed E-state index contributed by atoms with van der Waals surface area (Å²) in [5, 5.41) is 10.8. The highest BCUT2D eigenvalue weighted by Gasteiger charge is 2.39. The van der Waals surface area contributed by atoms with Crippen LogP contribution in [-0.2, 0) is 33.4 Å². The molecular weight excluding hydrogens is 692 g/mol. The fourth-order valence-corrected chi connectivity index (χ4v) is 6.87. The number of amides is 5. The predicted octanol–water partition coefficient (Wildman–Crippen LogP) is 1.97. The van der Waals surface area contributed by atoms with Crippen molar-refractivity contribution in [2.24, 2.45) is 29.2 Å². The predicted molar refractivity (Wildman–Crippen MR) is 198 cm³/mol. The van der Waals surface area contributed by atoms with E-state index in [1.807, 2.05) is 13.8 Å². The molecule has 1 aliphatic heterocycles. The minimum absolute atomic E-state index is 0.00124. The van der Waals surface area contributed by atoms with Crippen molar-refractivity contribution in [3.05, 3.63) is 0 Å². The lowest BCUT2D eigenvalue weighted by molar-refractivity contribution is -0.147. The molecule has 0 unspecified atom stereocenters. The first-order valence-corrected chi connectivity index (χ1v) is 19.5. The second-order valence-corrected chi connectivity index (χ2v) is 15.3. The zero-order valence-corrected chi connectivity index (χ0v) is 32.7. The third-order valence-corrected chi connectivity index (χ3v) is 10.2. The topological polar surface area (TPSA) is 207 Å². The Kier molecular flexibility index (Phi) is 20.1. The number of rotatable bonds is 14. The van der Waals surface area contributed by atoms with Crippen molar-refractivity contribution < 1.29 is 42.2 Å². The Morgan fingerprint density at radius 1 is 0.887 bits per heavy atom. The van der Waals surface area contributed by atoms with Crippen LogP contribution in [0.1, 0.15) is 105 Å². The summed E-state index contributed by atoms with van der Waals surface area (Å²) in [4.78, 5) is 70.8. The van der Waals surface area contributed by atoms with E-state index < -0.39 is 91.5 Å². The first-order chi connectivity index (χ1) is 25.0. The zero-order valence-electron chi connectivity index (χ0n) is 32.7. The van der Waals surface area contributed by atoms with Gasteiger partial charge in [-0.25, -0.2) is 8.78 Å². The number of nitrogens with zero attached hydrogens (tertiary/aromatic N) is 1. The van der Waals surface area contributed by atoms with Crippen molar-refractivity contribution in [2.45, 2.75) is 147 Å². The summed E-state index contributed by atoms with van der Waals surface area (Å²) in [6, 6.07) is -5.33. The van der Waals surface area contributed by atoms with E-state index in [0.29, 0.717) is 25.7 Å². The van der Waals surface area contributed by atoms with Crippen LogP contribution in [0.5, 0.6) is 0 Å². The molecule has 2 rings (SSSR count). The summed E-state index contributed by atoms with van der Waals surface area (Å²) < 4.78 is 39.2. The monoisotopic (exact) mass is 760 g/mol. The molecule has 1 heterocycles. The van der Waals surface area contributed by atoms with Gasteiger partial charge in [-0.1, -0.05) is 72.6 Å². The standard InChI is InChI=1S/C37H67F2N7O7/c1-7-8-9-13-16-30-25(5)36(51)46(6)29(17-23(2)3)34(49)45-31(26-14-11-10-12-15-26)35(50)43-27(18-40)32(47)44-28(20-52-22-37(38,39)21-41)33(48)42-24(4)19-53-30/h23-31H,7-22,40-41H2,1-6H3,(H,42,48)(H,43,50)(H,44,47)(H,45,49)/t24-,25-,27+,28+,29+,30-,31+/m1/s1. The second-order valence-electron chi connectivity index (χ2n) is 15.3. The molecule has 14 nitrogen and oxygen atoms in total. The van der Waals surface area contributed by atoms with Crippen molar-refractivity contribution in [2.75, 3.05) is 40.0 Å². The van der Waals surface area contributed by atoms with Gasteiger partial charge in [-0.3, -0.25) is 24.0 Å². The normalized spacial score (nSPS) is 28.4. The summed E-state index contributed by atoms with van der Waals surface area (Å²) in [7, 11) is 1.60. The van der Waals surface area contributed by atoms with E-state index in [9.17, 15) is 32.8 Å². The number of halogens is 2. The lowest BCUT2D eigenvalue weighted by Gasteiger charge is -2.36. The molecule has 0 aromatic rings. The number of hydrogen-bond acceptors (Lipinski definition) is 9. The van der Waals surface area contributed by atoms with E-state index in [0.717, 1.165) is 44.9 Å². The average Bonchev–Trinajstić information content (AvgIpc) is 3.12. The smallest absolute Gasteiger partial charge is 0.282 e. The quantitative estimate of drug-likeness (QED) is 0.143. The van der Waals surface area contributed by atoms with Crippen LogP contribution >= 0.6 is 0 Å². The molecule has 306 valence electrons. The lowest BCUT2D eigenvalue weighted by Crippen LogP contribution is -2.62. The van der Waals surface area contributed by atoms with Crippen LogP contribution in [0.25, 0.3) is 0 Å². The van der Waals surface area contributed by atoms with E-state index in [1.54, 1.807) is 20.9 Å². The molecule has 1 saturated heterocycles. The number of likely N-dealkylation sites (N-methyl/N-ethyl adjacent to an activating group) is 1. The zero-order chi connectivity index (χ0) is 39.7. The number of carbonyl (C=O) groups excluding carboxylic acids is 5. The van der Waals surface area contributed by atoms with E-state index in [1.165, 1.54) is 4.90 Å². The molecule has 0 aromatic heterocycles. The van der Waals surface area contributed by atoms with Crippen molar-refractivity contribution in [1.82, 2.24) is 26.2 Å². The maximum atomic E-state index is 14.2. The number of alkyl halides is 2. The van der Waals surface area contributed by atoms with Crippen LogP contribution in [0.2, 0.25) is 0 Å². The fourth-order valence-electron chi connectivity index (χ4n) is 6.87. The van der Waals surface area contributed by atoms with Crippen LogP contribution in [0.3, 0.4) is 0 Å². The maximum Gasteiger partial charge on any atom is 0.282 e. The molecule has 53 heavy (non-hydrogen) atoms. The van der Waals surface area contributed by atoms with Crippen molar-refractivity contribution >= 4 is 29.5 Å². The Balaban J connectivity index is 2.56. The van der Waals surface area contributed by atoms with E-state index in [-0.39, 0.29) is 30.9 Å². The van der Waals surface area contributed by atoms with Crippen LogP contribution in [0.15, 0.2) is 0 Å². The van der Waals surface area contributed by atoms with Gasteiger partial charge in [-0.2, -0.15) is 0 Å². The fraction of sp³-hybridized carbons (Fsp3) is 0.865. The Bertz CT molecular complexity index is 1170. The van der Waals surface area contributed by atoms with Crippen molar-refractivity contribution in [1.29, 1.82) is 0 Å². The molecule has 1 saturated carbocycles. The van der Waals surface area contributed by atoms with Gasteiger partial charge in [0.1, 0.15) is 30.8 Å². The van der Waals surface area contributed by atoms with Crippen LogP contribution < -0.4 is 32.7 Å². The summed E-state index contributed by atoms with van der Waals surface area (Å²) >= 11 is 0. The number of unbranched alkanes of at least 4 members (excludes halogenated alkanes) is 3. The number of nitrogens with one attached hydrogen (secondary N) is 4. The van der Waals surface area contributed by atoms with Gasteiger partial charge in [0.25, 0.3) is 5.92 Å². The van der Waals surface area contributed by atoms with Gasteiger partial charge in [0.15, 0.2) is 0 Å². The Morgan fingerprint density at radius 2 is 1.53 bits per heavy atom. The molecule has 1 aliphatic carbocycles.